The lowest BCUT2D eigenvalue weighted by Crippen LogP contribution is -2.15. The summed E-state index contributed by atoms with van der Waals surface area (Å²) in [5.74, 6) is 1.06. The fourth-order valence-electron chi connectivity index (χ4n) is 2.09. The second kappa shape index (κ2) is 8.27. The Hall–Kier alpha value is -2.43. The zero-order chi connectivity index (χ0) is 16.7. The molecule has 0 fully saturated rings. The first-order chi connectivity index (χ1) is 11.1. The van der Waals surface area contributed by atoms with Crippen molar-refractivity contribution in [1.29, 1.82) is 0 Å². The van der Waals surface area contributed by atoms with Gasteiger partial charge in [-0.15, -0.1) is 0 Å². The minimum atomic E-state index is -0.233. The molecule has 1 aromatic heterocycles. The van der Waals surface area contributed by atoms with E-state index in [1.807, 2.05) is 24.3 Å². The number of hydrogen-bond donors (Lipinski definition) is 2. The highest BCUT2D eigenvalue weighted by molar-refractivity contribution is 6.03. The Bertz CT molecular complexity index is 638. The van der Waals surface area contributed by atoms with Crippen LogP contribution in [0.4, 0.5) is 11.5 Å². The minimum absolute atomic E-state index is 0.233. The second-order valence-electron chi connectivity index (χ2n) is 5.90. The van der Waals surface area contributed by atoms with Crippen LogP contribution in [0.1, 0.15) is 43.2 Å². The largest absolute Gasteiger partial charge is 0.370 e. The number of rotatable bonds is 7. The van der Waals surface area contributed by atoms with E-state index in [4.69, 9.17) is 0 Å². The van der Waals surface area contributed by atoms with Crippen molar-refractivity contribution >= 4 is 17.4 Å². The summed E-state index contributed by atoms with van der Waals surface area (Å²) in [5.41, 5.74) is 2.36. The molecule has 0 aliphatic heterocycles. The van der Waals surface area contributed by atoms with E-state index >= 15 is 0 Å². The highest BCUT2D eigenvalue weighted by Crippen LogP contribution is 2.12. The number of amides is 1. The van der Waals surface area contributed by atoms with Crippen molar-refractivity contribution in [2.45, 2.75) is 33.6 Å². The summed E-state index contributed by atoms with van der Waals surface area (Å²) in [6, 6.07) is 9.50. The topological polar surface area (TPSA) is 66.9 Å². The molecule has 0 saturated carbocycles. The van der Waals surface area contributed by atoms with Crippen LogP contribution in [0, 0.1) is 5.92 Å². The number of hydrogen-bond acceptors (Lipinski definition) is 4. The van der Waals surface area contributed by atoms with Crippen molar-refractivity contribution in [1.82, 2.24) is 9.97 Å². The number of anilines is 2. The molecule has 0 aliphatic carbocycles. The van der Waals surface area contributed by atoms with E-state index in [9.17, 15) is 4.79 Å². The summed E-state index contributed by atoms with van der Waals surface area (Å²) in [5, 5.41) is 6.07. The van der Waals surface area contributed by atoms with Crippen LogP contribution in [-0.2, 0) is 6.42 Å². The Kier molecular flexibility index (Phi) is 6.09. The first kappa shape index (κ1) is 16.9. The summed E-state index contributed by atoms with van der Waals surface area (Å²) in [6.45, 7) is 7.27. The van der Waals surface area contributed by atoms with Gasteiger partial charge in [-0.05, 0) is 36.5 Å². The van der Waals surface area contributed by atoms with Crippen molar-refractivity contribution in [2.24, 2.45) is 5.92 Å². The lowest BCUT2D eigenvalue weighted by atomic mass is 10.1. The lowest BCUT2D eigenvalue weighted by Gasteiger charge is -2.09. The van der Waals surface area contributed by atoms with E-state index in [1.165, 1.54) is 11.9 Å². The van der Waals surface area contributed by atoms with Crippen LogP contribution >= 0.6 is 0 Å². The van der Waals surface area contributed by atoms with Gasteiger partial charge in [-0.3, -0.25) is 4.79 Å². The fourth-order valence-corrected chi connectivity index (χ4v) is 2.09. The predicted octanol–water partition coefficient (Wildman–Crippen LogP) is 3.75. The number of nitrogens with zero attached hydrogens (tertiary/aromatic N) is 2. The van der Waals surface area contributed by atoms with Crippen LogP contribution in [0.3, 0.4) is 0 Å². The Labute approximate surface area is 137 Å². The fraction of sp³-hybridized carbons (Fsp3) is 0.389. The quantitative estimate of drug-likeness (QED) is 0.817. The molecule has 23 heavy (non-hydrogen) atoms. The smallest absolute Gasteiger partial charge is 0.274 e. The van der Waals surface area contributed by atoms with Gasteiger partial charge >= 0.3 is 0 Å². The molecule has 2 aromatic rings. The highest BCUT2D eigenvalue weighted by atomic mass is 16.1. The molecule has 1 aromatic carbocycles. The number of nitrogens with one attached hydrogen (secondary N) is 2. The maximum Gasteiger partial charge on any atom is 0.274 e. The molecule has 1 amide bonds. The van der Waals surface area contributed by atoms with Crippen molar-refractivity contribution in [2.75, 3.05) is 17.2 Å². The van der Waals surface area contributed by atoms with E-state index in [1.54, 1.807) is 6.07 Å². The summed E-state index contributed by atoms with van der Waals surface area (Å²) < 4.78 is 0. The van der Waals surface area contributed by atoms with Crippen LogP contribution < -0.4 is 10.6 Å². The van der Waals surface area contributed by atoms with Gasteiger partial charge in [0.2, 0.25) is 0 Å². The summed E-state index contributed by atoms with van der Waals surface area (Å²) in [6.07, 6.45) is 3.44. The second-order valence-corrected chi connectivity index (χ2v) is 5.90. The van der Waals surface area contributed by atoms with Gasteiger partial charge in [-0.1, -0.05) is 32.9 Å². The monoisotopic (exact) mass is 312 g/mol. The average Bonchev–Trinajstić information content (AvgIpc) is 2.55. The van der Waals surface area contributed by atoms with Crippen molar-refractivity contribution in [3.05, 3.63) is 47.9 Å². The zero-order valence-electron chi connectivity index (χ0n) is 14.0. The third-order valence-corrected chi connectivity index (χ3v) is 3.55. The molecule has 5 heteroatoms. The van der Waals surface area contributed by atoms with Crippen LogP contribution in [0.25, 0.3) is 0 Å². The van der Waals surface area contributed by atoms with Crippen LogP contribution in [0.2, 0.25) is 0 Å². The molecular weight excluding hydrogens is 288 g/mol. The molecule has 0 unspecified atom stereocenters. The molecule has 5 nitrogen and oxygen atoms in total. The Morgan fingerprint density at radius 2 is 1.91 bits per heavy atom. The molecular formula is C18H24N4O. The number of carbonyl (C=O) groups is 1. The van der Waals surface area contributed by atoms with Crippen LogP contribution in [-0.4, -0.2) is 22.4 Å². The molecule has 0 spiro atoms. The highest BCUT2D eigenvalue weighted by Gasteiger charge is 2.09. The predicted molar refractivity (Wildman–Crippen MR) is 93.7 cm³/mol. The number of aromatic nitrogens is 2. The standard InChI is InChI=1S/C18H24N4O/c1-4-14-5-7-15(8-6-14)22-18(23)16-11-17(21-12-20-16)19-10-9-13(2)3/h5-8,11-13H,4,9-10H2,1-3H3,(H,22,23)(H,19,20,21). The van der Waals surface area contributed by atoms with Gasteiger partial charge in [0.05, 0.1) is 0 Å². The first-order valence-electron chi connectivity index (χ1n) is 8.04. The van der Waals surface area contributed by atoms with E-state index < -0.39 is 0 Å². The van der Waals surface area contributed by atoms with Crippen molar-refractivity contribution in [3.63, 3.8) is 0 Å². The van der Waals surface area contributed by atoms with E-state index in [0.29, 0.717) is 17.4 Å². The summed E-state index contributed by atoms with van der Waals surface area (Å²) >= 11 is 0. The van der Waals surface area contributed by atoms with Gasteiger partial charge in [-0.2, -0.15) is 0 Å². The molecule has 0 aliphatic rings. The maximum atomic E-state index is 12.3. The summed E-state index contributed by atoms with van der Waals surface area (Å²) in [4.78, 5) is 20.5. The molecule has 2 rings (SSSR count). The molecule has 2 N–H and O–H groups in total. The Balaban J connectivity index is 1.98. The molecule has 1 heterocycles. The third-order valence-electron chi connectivity index (χ3n) is 3.55. The van der Waals surface area contributed by atoms with Gasteiger partial charge < -0.3 is 10.6 Å². The molecule has 0 saturated heterocycles. The van der Waals surface area contributed by atoms with Gasteiger partial charge in [0.25, 0.3) is 5.91 Å². The number of benzene rings is 1. The zero-order valence-corrected chi connectivity index (χ0v) is 14.0. The molecule has 0 radical (unpaired) electrons. The Morgan fingerprint density at radius 1 is 1.17 bits per heavy atom. The van der Waals surface area contributed by atoms with E-state index in [2.05, 4.69) is 41.4 Å². The minimum Gasteiger partial charge on any atom is -0.370 e. The molecule has 0 bridgehead atoms. The van der Waals surface area contributed by atoms with Gasteiger partial charge in [-0.25, -0.2) is 9.97 Å². The van der Waals surface area contributed by atoms with Crippen LogP contribution in [0.5, 0.6) is 0 Å². The van der Waals surface area contributed by atoms with Gasteiger partial charge in [0, 0.05) is 18.3 Å². The normalized spacial score (nSPS) is 10.6. The Morgan fingerprint density at radius 3 is 2.57 bits per heavy atom. The van der Waals surface area contributed by atoms with Gasteiger partial charge in [0.1, 0.15) is 17.8 Å². The van der Waals surface area contributed by atoms with E-state index in [-0.39, 0.29) is 5.91 Å². The number of carbonyl (C=O) groups excluding carboxylic acids is 1. The maximum absolute atomic E-state index is 12.3. The lowest BCUT2D eigenvalue weighted by molar-refractivity contribution is 0.102. The third kappa shape index (κ3) is 5.36. The molecule has 0 atom stereocenters. The first-order valence-corrected chi connectivity index (χ1v) is 8.04. The summed E-state index contributed by atoms with van der Waals surface area (Å²) in [7, 11) is 0. The number of aryl methyl sites for hydroxylation is 1. The molecule has 122 valence electrons. The van der Waals surface area contributed by atoms with Gasteiger partial charge in [0.15, 0.2) is 0 Å². The van der Waals surface area contributed by atoms with Crippen LogP contribution in [0.15, 0.2) is 36.7 Å². The SMILES string of the molecule is CCc1ccc(NC(=O)c2cc(NCCC(C)C)ncn2)cc1. The van der Waals surface area contributed by atoms with Crippen molar-refractivity contribution < 1.29 is 4.79 Å². The average molecular weight is 312 g/mol. The van der Waals surface area contributed by atoms with E-state index in [0.717, 1.165) is 25.1 Å². The van der Waals surface area contributed by atoms with Crippen molar-refractivity contribution in [3.8, 4) is 0 Å².